The lowest BCUT2D eigenvalue weighted by Crippen LogP contribution is -2.06. The third kappa shape index (κ3) is 5.25. The lowest BCUT2D eigenvalue weighted by atomic mass is 10.0. The van der Waals surface area contributed by atoms with E-state index in [4.69, 9.17) is 4.74 Å². The smallest absolute Gasteiger partial charge is 0.338 e. The zero-order valence-corrected chi connectivity index (χ0v) is 19.5. The zero-order valence-electron chi connectivity index (χ0n) is 19.5. The van der Waals surface area contributed by atoms with Crippen molar-refractivity contribution in [1.29, 1.82) is 0 Å². The fraction of sp³-hybridized carbons (Fsp3) is 0.276. The van der Waals surface area contributed by atoms with Gasteiger partial charge in [-0.25, -0.2) is 4.79 Å². The Morgan fingerprint density at radius 1 is 0.882 bits per heavy atom. The molecule has 1 heterocycles. The summed E-state index contributed by atoms with van der Waals surface area (Å²) in [5, 5.41) is 22.4. The summed E-state index contributed by atoms with van der Waals surface area (Å²) in [4.78, 5) is 12.2. The van der Waals surface area contributed by atoms with Crippen molar-refractivity contribution in [1.82, 2.24) is 4.57 Å². The monoisotopic (exact) mass is 457 g/mol. The van der Waals surface area contributed by atoms with Crippen molar-refractivity contribution in [2.75, 3.05) is 6.61 Å². The highest BCUT2D eigenvalue weighted by Crippen LogP contribution is 2.34. The Morgan fingerprint density at radius 2 is 1.62 bits per heavy atom. The van der Waals surface area contributed by atoms with Crippen molar-refractivity contribution in [2.45, 2.75) is 45.6 Å². The second-order valence-electron chi connectivity index (χ2n) is 8.58. The highest BCUT2D eigenvalue weighted by Gasteiger charge is 2.16. The van der Waals surface area contributed by atoms with Gasteiger partial charge in [0.2, 0.25) is 0 Å². The first-order valence-electron chi connectivity index (χ1n) is 11.9. The van der Waals surface area contributed by atoms with Crippen molar-refractivity contribution >= 4 is 16.9 Å². The summed E-state index contributed by atoms with van der Waals surface area (Å²) in [5.74, 6) is -0.0255. The van der Waals surface area contributed by atoms with Crippen LogP contribution in [0.3, 0.4) is 0 Å². The number of carbonyl (C=O) groups excluding carboxylic acids is 1. The molecule has 0 amide bonds. The van der Waals surface area contributed by atoms with Crippen LogP contribution < -0.4 is 0 Å². The van der Waals surface area contributed by atoms with E-state index >= 15 is 0 Å². The van der Waals surface area contributed by atoms with Crippen LogP contribution in [-0.4, -0.2) is 27.4 Å². The van der Waals surface area contributed by atoms with Crippen molar-refractivity contribution in [3.63, 3.8) is 0 Å². The average molecular weight is 458 g/mol. The number of ether oxygens (including phenoxy) is 1. The Balaban J connectivity index is 1.49. The first-order chi connectivity index (χ1) is 16.6. The van der Waals surface area contributed by atoms with Gasteiger partial charge >= 0.3 is 5.97 Å². The maximum atomic E-state index is 12.2. The second kappa shape index (κ2) is 10.9. The number of aromatic nitrogens is 1. The topological polar surface area (TPSA) is 71.7 Å². The third-order valence-corrected chi connectivity index (χ3v) is 6.17. The molecule has 0 spiro atoms. The second-order valence-corrected chi connectivity index (χ2v) is 8.58. The van der Waals surface area contributed by atoms with Gasteiger partial charge in [-0.2, -0.15) is 0 Å². The molecule has 2 N–H and O–H groups in total. The van der Waals surface area contributed by atoms with Crippen LogP contribution in [0.1, 0.15) is 53.2 Å². The number of carbonyl (C=O) groups is 1. The van der Waals surface area contributed by atoms with Gasteiger partial charge in [-0.05, 0) is 61.1 Å². The molecule has 5 heteroatoms. The van der Waals surface area contributed by atoms with E-state index in [1.54, 1.807) is 24.3 Å². The number of nitrogens with zero attached hydrogens (tertiary/aromatic N) is 1. The Hall–Kier alpha value is -3.73. The van der Waals surface area contributed by atoms with Crippen LogP contribution in [0.4, 0.5) is 0 Å². The summed E-state index contributed by atoms with van der Waals surface area (Å²) in [6, 6.07) is 20.6. The molecular formula is C29H31NO4. The molecule has 3 aromatic carbocycles. The summed E-state index contributed by atoms with van der Waals surface area (Å²) in [6.45, 7) is 2.84. The number of fused-ring (bicyclic) bond motifs is 1. The van der Waals surface area contributed by atoms with Crippen LogP contribution in [0.5, 0.6) is 11.5 Å². The first kappa shape index (κ1) is 23.4. The van der Waals surface area contributed by atoms with E-state index in [9.17, 15) is 15.0 Å². The normalized spacial score (nSPS) is 11.1. The molecule has 176 valence electrons. The van der Waals surface area contributed by atoms with Crippen LogP contribution in [0.2, 0.25) is 0 Å². The molecule has 0 radical (unpaired) electrons. The van der Waals surface area contributed by atoms with Gasteiger partial charge in [0.05, 0.1) is 24.3 Å². The van der Waals surface area contributed by atoms with Gasteiger partial charge in [0.15, 0.2) is 0 Å². The molecule has 0 atom stereocenters. The van der Waals surface area contributed by atoms with Gasteiger partial charge < -0.3 is 19.5 Å². The third-order valence-electron chi connectivity index (χ3n) is 6.17. The maximum Gasteiger partial charge on any atom is 0.338 e. The summed E-state index contributed by atoms with van der Waals surface area (Å²) in [5.41, 5.74) is 4.15. The standard InChI is InChI=1S/C29H31NO4/c1-2-3-10-21-16-17-27(31)25(28(21)32)20-30-19-23(24-14-7-8-15-26(24)30)13-9-18-34-29(33)22-11-5-4-6-12-22/h4-8,11-12,14-17,19,31-32H,2-3,9-10,13,18,20H2,1H3. The number of rotatable bonds is 10. The Labute approximate surface area is 200 Å². The SMILES string of the molecule is CCCCc1ccc(O)c(Cn2cc(CCCOC(=O)c3ccccc3)c3ccccc32)c1O. The van der Waals surface area contributed by atoms with Gasteiger partial charge in [-0.1, -0.05) is 55.8 Å². The van der Waals surface area contributed by atoms with Crippen molar-refractivity contribution < 1.29 is 19.7 Å². The number of hydrogen-bond acceptors (Lipinski definition) is 4. The molecule has 0 aliphatic rings. The summed E-state index contributed by atoms with van der Waals surface area (Å²) >= 11 is 0. The molecule has 0 aliphatic carbocycles. The van der Waals surface area contributed by atoms with E-state index in [1.807, 2.05) is 36.4 Å². The minimum Gasteiger partial charge on any atom is -0.507 e. The molecule has 0 aliphatic heterocycles. The number of aromatic hydroxyl groups is 2. The van der Waals surface area contributed by atoms with E-state index < -0.39 is 0 Å². The highest BCUT2D eigenvalue weighted by molar-refractivity contribution is 5.89. The molecule has 4 rings (SSSR count). The van der Waals surface area contributed by atoms with Crippen molar-refractivity contribution in [2.24, 2.45) is 0 Å². The Morgan fingerprint density at radius 3 is 2.41 bits per heavy atom. The Kier molecular flexibility index (Phi) is 7.53. The van der Waals surface area contributed by atoms with E-state index in [-0.39, 0.29) is 17.5 Å². The number of benzene rings is 3. The summed E-state index contributed by atoms with van der Waals surface area (Å²) < 4.78 is 7.50. The summed E-state index contributed by atoms with van der Waals surface area (Å²) in [6.07, 6.45) is 6.35. The maximum absolute atomic E-state index is 12.2. The molecule has 0 saturated heterocycles. The molecule has 0 fully saturated rings. The molecule has 0 bridgehead atoms. The van der Waals surface area contributed by atoms with Crippen LogP contribution in [0.15, 0.2) is 72.9 Å². The lowest BCUT2D eigenvalue weighted by molar-refractivity contribution is 0.0500. The van der Waals surface area contributed by atoms with Gasteiger partial charge in [0.1, 0.15) is 11.5 Å². The molecule has 34 heavy (non-hydrogen) atoms. The number of phenolic OH excluding ortho intramolecular Hbond substituents is 2. The van der Waals surface area contributed by atoms with Crippen LogP contribution in [0.25, 0.3) is 10.9 Å². The minimum atomic E-state index is -0.308. The minimum absolute atomic E-state index is 0.102. The quantitative estimate of drug-likeness (QED) is 0.219. The number of phenols is 2. The lowest BCUT2D eigenvalue weighted by Gasteiger charge is -2.13. The van der Waals surface area contributed by atoms with E-state index in [2.05, 4.69) is 23.8 Å². The summed E-state index contributed by atoms with van der Waals surface area (Å²) in [7, 11) is 0. The van der Waals surface area contributed by atoms with Gasteiger partial charge in [0.25, 0.3) is 0 Å². The molecule has 5 nitrogen and oxygen atoms in total. The molecule has 4 aromatic rings. The number of para-hydroxylation sites is 1. The van der Waals surface area contributed by atoms with E-state index in [0.29, 0.717) is 30.7 Å². The van der Waals surface area contributed by atoms with Crippen LogP contribution in [-0.2, 0) is 24.1 Å². The van der Waals surface area contributed by atoms with Gasteiger partial charge in [-0.3, -0.25) is 0 Å². The van der Waals surface area contributed by atoms with Gasteiger partial charge in [0, 0.05) is 17.1 Å². The number of aryl methyl sites for hydroxylation is 2. The first-order valence-corrected chi connectivity index (χ1v) is 11.9. The molecular weight excluding hydrogens is 426 g/mol. The van der Waals surface area contributed by atoms with Gasteiger partial charge in [-0.15, -0.1) is 0 Å². The van der Waals surface area contributed by atoms with E-state index in [0.717, 1.165) is 47.7 Å². The number of unbranched alkanes of at least 4 members (excludes halogenated alkanes) is 1. The zero-order chi connectivity index (χ0) is 23.9. The largest absolute Gasteiger partial charge is 0.507 e. The molecule has 0 unspecified atom stereocenters. The molecule has 0 saturated carbocycles. The predicted molar refractivity (Wildman–Crippen MR) is 134 cm³/mol. The number of hydrogen-bond donors (Lipinski definition) is 2. The highest BCUT2D eigenvalue weighted by atomic mass is 16.5. The predicted octanol–water partition coefficient (Wildman–Crippen LogP) is 6.23. The average Bonchev–Trinajstić information content (AvgIpc) is 3.21. The van der Waals surface area contributed by atoms with Crippen LogP contribution in [0, 0.1) is 0 Å². The van der Waals surface area contributed by atoms with E-state index in [1.165, 1.54) is 0 Å². The molecule has 1 aromatic heterocycles. The number of esters is 1. The van der Waals surface area contributed by atoms with Crippen molar-refractivity contribution in [3.8, 4) is 11.5 Å². The van der Waals surface area contributed by atoms with Crippen molar-refractivity contribution in [3.05, 3.63) is 95.2 Å². The fourth-order valence-electron chi connectivity index (χ4n) is 4.31. The van der Waals surface area contributed by atoms with Crippen LogP contribution >= 0.6 is 0 Å². The Bertz CT molecular complexity index is 1260. The fourth-order valence-corrected chi connectivity index (χ4v) is 4.31.